The normalized spacial score (nSPS) is 10.9. The van der Waals surface area contributed by atoms with Gasteiger partial charge in [-0.1, -0.05) is 11.6 Å². The molecule has 0 radical (unpaired) electrons. The Morgan fingerprint density at radius 1 is 1.20 bits per heavy atom. The molecule has 2 aromatic rings. The summed E-state index contributed by atoms with van der Waals surface area (Å²) in [6.07, 6.45) is 0.0537. The molecule has 25 heavy (non-hydrogen) atoms. The maximum absolute atomic E-state index is 13.0. The predicted octanol–water partition coefficient (Wildman–Crippen LogP) is 2.92. The van der Waals surface area contributed by atoms with E-state index in [4.69, 9.17) is 16.9 Å². The van der Waals surface area contributed by atoms with Crippen LogP contribution in [0.2, 0.25) is 5.02 Å². The number of hydrogen-bond donors (Lipinski definition) is 2. The summed E-state index contributed by atoms with van der Waals surface area (Å²) in [4.78, 5) is 12.1. The first-order chi connectivity index (χ1) is 11.8. The van der Waals surface area contributed by atoms with Crippen molar-refractivity contribution in [3.63, 3.8) is 0 Å². The van der Waals surface area contributed by atoms with Crippen LogP contribution in [0.15, 0.2) is 47.4 Å². The van der Waals surface area contributed by atoms with Crippen molar-refractivity contribution in [3.05, 3.63) is 58.9 Å². The number of sulfonamides is 1. The van der Waals surface area contributed by atoms with Gasteiger partial charge in [-0.2, -0.15) is 5.26 Å². The lowest BCUT2D eigenvalue weighted by Gasteiger charge is -2.09. The fraction of sp³-hybridized carbons (Fsp3) is 0.125. The summed E-state index contributed by atoms with van der Waals surface area (Å²) in [6, 6.07) is 10.6. The summed E-state index contributed by atoms with van der Waals surface area (Å²) in [7, 11) is -3.74. The molecule has 0 aromatic heterocycles. The predicted molar refractivity (Wildman–Crippen MR) is 91.2 cm³/mol. The van der Waals surface area contributed by atoms with Crippen LogP contribution in [0.1, 0.15) is 16.8 Å². The molecule has 0 aliphatic carbocycles. The number of nitriles is 1. The number of halogens is 2. The fourth-order valence-electron chi connectivity index (χ4n) is 1.90. The Bertz CT molecular complexity index is 925. The van der Waals surface area contributed by atoms with Crippen LogP contribution in [-0.2, 0) is 10.0 Å². The third-order valence-electron chi connectivity index (χ3n) is 3.14. The van der Waals surface area contributed by atoms with Gasteiger partial charge in [-0.05, 0) is 42.5 Å². The molecule has 0 bridgehead atoms. The van der Waals surface area contributed by atoms with Gasteiger partial charge in [-0.25, -0.2) is 17.5 Å². The number of nitrogens with zero attached hydrogens (tertiary/aromatic N) is 1. The van der Waals surface area contributed by atoms with E-state index in [1.54, 1.807) is 0 Å². The van der Waals surface area contributed by atoms with Gasteiger partial charge in [-0.15, -0.1) is 0 Å². The van der Waals surface area contributed by atoms with Gasteiger partial charge in [-0.3, -0.25) is 4.79 Å². The van der Waals surface area contributed by atoms with Crippen LogP contribution < -0.4 is 10.0 Å². The molecule has 130 valence electrons. The Morgan fingerprint density at radius 2 is 1.88 bits per heavy atom. The second-order valence-corrected chi connectivity index (χ2v) is 7.08. The highest BCUT2D eigenvalue weighted by Gasteiger charge is 2.15. The monoisotopic (exact) mass is 381 g/mol. The van der Waals surface area contributed by atoms with E-state index in [-0.39, 0.29) is 34.1 Å². The van der Waals surface area contributed by atoms with Crippen LogP contribution in [0, 0.1) is 17.1 Å². The van der Waals surface area contributed by atoms with Gasteiger partial charge in [0.2, 0.25) is 10.0 Å². The first-order valence-electron chi connectivity index (χ1n) is 7.06. The molecule has 2 N–H and O–H groups in total. The standard InChI is InChI=1S/C16H13ClFN3O3S/c17-14-10-12(18)4-7-15(14)21-16(22)11-2-5-13(6-3-11)25(23,24)20-9-1-8-19/h2-7,10,20H,1,9H2,(H,21,22). The maximum Gasteiger partial charge on any atom is 0.255 e. The van der Waals surface area contributed by atoms with E-state index in [0.717, 1.165) is 12.1 Å². The third kappa shape index (κ3) is 5.00. The molecule has 0 aliphatic heterocycles. The molecule has 2 aromatic carbocycles. The Balaban J connectivity index is 2.11. The molecule has 0 fully saturated rings. The Labute approximate surface area is 149 Å². The minimum Gasteiger partial charge on any atom is -0.321 e. The van der Waals surface area contributed by atoms with Crippen molar-refractivity contribution in [2.24, 2.45) is 0 Å². The SMILES string of the molecule is N#CCCNS(=O)(=O)c1ccc(C(=O)Nc2ccc(F)cc2Cl)cc1. The minimum absolute atomic E-state index is 0.00410. The van der Waals surface area contributed by atoms with Crippen molar-refractivity contribution in [2.45, 2.75) is 11.3 Å². The van der Waals surface area contributed by atoms with Gasteiger partial charge in [0.1, 0.15) is 5.82 Å². The van der Waals surface area contributed by atoms with Gasteiger partial charge in [0.15, 0.2) is 0 Å². The highest BCUT2D eigenvalue weighted by Crippen LogP contribution is 2.23. The summed E-state index contributed by atoms with van der Waals surface area (Å²) in [5, 5.41) is 11.0. The van der Waals surface area contributed by atoms with Gasteiger partial charge >= 0.3 is 0 Å². The molecular formula is C16H13ClFN3O3S. The Hall–Kier alpha value is -2.47. The Kier molecular flexibility index (Phi) is 6.09. The number of hydrogen-bond acceptors (Lipinski definition) is 4. The van der Waals surface area contributed by atoms with E-state index in [1.165, 1.54) is 30.3 Å². The zero-order valence-electron chi connectivity index (χ0n) is 12.8. The molecule has 0 saturated heterocycles. The summed E-state index contributed by atoms with van der Waals surface area (Å²) in [6.45, 7) is 0.00410. The van der Waals surface area contributed by atoms with Crippen LogP contribution in [0.5, 0.6) is 0 Å². The molecule has 6 nitrogen and oxygen atoms in total. The number of nitrogens with one attached hydrogen (secondary N) is 2. The lowest BCUT2D eigenvalue weighted by Crippen LogP contribution is -2.24. The molecule has 0 saturated carbocycles. The van der Waals surface area contributed by atoms with Crippen molar-refractivity contribution in [1.82, 2.24) is 4.72 Å². The largest absolute Gasteiger partial charge is 0.321 e. The third-order valence-corrected chi connectivity index (χ3v) is 4.92. The highest BCUT2D eigenvalue weighted by molar-refractivity contribution is 7.89. The number of carbonyl (C=O) groups excluding carboxylic acids is 1. The van der Waals surface area contributed by atoms with Crippen molar-refractivity contribution in [1.29, 1.82) is 5.26 Å². The smallest absolute Gasteiger partial charge is 0.255 e. The van der Waals surface area contributed by atoms with E-state index in [1.807, 2.05) is 6.07 Å². The second-order valence-electron chi connectivity index (χ2n) is 4.91. The van der Waals surface area contributed by atoms with Crippen molar-refractivity contribution >= 4 is 33.2 Å². The molecular weight excluding hydrogens is 369 g/mol. The van der Waals surface area contributed by atoms with E-state index in [9.17, 15) is 17.6 Å². The number of anilines is 1. The first kappa shape index (κ1) is 18.9. The van der Waals surface area contributed by atoms with Gasteiger partial charge in [0.05, 0.1) is 21.7 Å². The Morgan fingerprint density at radius 3 is 2.48 bits per heavy atom. The first-order valence-corrected chi connectivity index (χ1v) is 8.92. The molecule has 0 unspecified atom stereocenters. The van der Waals surface area contributed by atoms with Crippen molar-refractivity contribution in [2.75, 3.05) is 11.9 Å². The van der Waals surface area contributed by atoms with Gasteiger partial charge in [0.25, 0.3) is 5.91 Å². The van der Waals surface area contributed by atoms with Crippen LogP contribution in [-0.4, -0.2) is 20.9 Å². The van der Waals surface area contributed by atoms with Crippen molar-refractivity contribution in [3.8, 4) is 6.07 Å². The number of benzene rings is 2. The van der Waals surface area contributed by atoms with E-state index < -0.39 is 21.7 Å². The fourth-order valence-corrected chi connectivity index (χ4v) is 3.14. The van der Waals surface area contributed by atoms with Crippen LogP contribution >= 0.6 is 11.6 Å². The topological polar surface area (TPSA) is 99.1 Å². The summed E-state index contributed by atoms with van der Waals surface area (Å²) in [5.74, 6) is -1.05. The van der Waals surface area contributed by atoms with Crippen LogP contribution in [0.3, 0.4) is 0 Å². The van der Waals surface area contributed by atoms with E-state index in [2.05, 4.69) is 10.0 Å². The zero-order valence-corrected chi connectivity index (χ0v) is 14.4. The van der Waals surface area contributed by atoms with Crippen molar-refractivity contribution < 1.29 is 17.6 Å². The lowest BCUT2D eigenvalue weighted by atomic mass is 10.2. The van der Waals surface area contributed by atoms with Crippen LogP contribution in [0.25, 0.3) is 0 Å². The highest BCUT2D eigenvalue weighted by atomic mass is 35.5. The molecule has 2 rings (SSSR count). The molecule has 0 aliphatic rings. The zero-order chi connectivity index (χ0) is 18.4. The van der Waals surface area contributed by atoms with Gasteiger partial charge < -0.3 is 5.32 Å². The molecule has 9 heteroatoms. The lowest BCUT2D eigenvalue weighted by molar-refractivity contribution is 0.102. The average molecular weight is 382 g/mol. The summed E-state index contributed by atoms with van der Waals surface area (Å²) >= 11 is 5.84. The summed E-state index contributed by atoms with van der Waals surface area (Å²) in [5.41, 5.74) is 0.444. The minimum atomic E-state index is -3.74. The molecule has 0 spiro atoms. The second kappa shape index (κ2) is 8.07. The van der Waals surface area contributed by atoms with Crippen LogP contribution in [0.4, 0.5) is 10.1 Å². The molecule has 0 heterocycles. The van der Waals surface area contributed by atoms with Gasteiger partial charge in [0, 0.05) is 18.5 Å². The van der Waals surface area contributed by atoms with E-state index >= 15 is 0 Å². The molecule has 1 amide bonds. The molecule has 0 atom stereocenters. The maximum atomic E-state index is 13.0. The number of carbonyl (C=O) groups is 1. The summed E-state index contributed by atoms with van der Waals surface area (Å²) < 4.78 is 39.2. The number of amides is 1. The number of rotatable bonds is 6. The van der Waals surface area contributed by atoms with E-state index in [0.29, 0.717) is 0 Å². The average Bonchev–Trinajstić information content (AvgIpc) is 2.57. The quantitative estimate of drug-likeness (QED) is 0.751.